The van der Waals surface area contributed by atoms with Gasteiger partial charge in [0.25, 0.3) is 0 Å². The Balaban J connectivity index is 1.48. The lowest BCUT2D eigenvalue weighted by Crippen LogP contribution is -2.04. The van der Waals surface area contributed by atoms with Crippen LogP contribution in [-0.4, -0.2) is 26.3 Å². The Morgan fingerprint density at radius 3 is 2.62 bits per heavy atom. The zero-order chi connectivity index (χ0) is 20.6. The van der Waals surface area contributed by atoms with E-state index in [2.05, 4.69) is 20.5 Å². The van der Waals surface area contributed by atoms with Crippen molar-refractivity contribution in [3.05, 3.63) is 64.8 Å². The van der Waals surface area contributed by atoms with Gasteiger partial charge in [-0.3, -0.25) is 5.10 Å². The molecule has 4 aromatic rings. The van der Waals surface area contributed by atoms with E-state index in [0.717, 1.165) is 17.8 Å². The minimum atomic E-state index is -4.37. The molecular weight excluding hydrogens is 405 g/mol. The number of benzene rings is 2. The molecule has 0 amide bonds. The topological polar surface area (TPSA) is 90.9 Å². The molecule has 2 heterocycles. The molecule has 10 heteroatoms. The summed E-state index contributed by atoms with van der Waals surface area (Å²) in [5.74, 6) is -1.12. The fraction of sp³-hybridized carbons (Fsp3) is 0.105. The number of carboxylic acids is 1. The second-order valence-electron chi connectivity index (χ2n) is 6.21. The molecule has 0 bridgehead atoms. The van der Waals surface area contributed by atoms with Crippen molar-refractivity contribution in [2.45, 2.75) is 12.7 Å². The number of carboxylic acid groups (broad SMARTS) is 1. The highest BCUT2D eigenvalue weighted by molar-refractivity contribution is 7.13. The minimum absolute atomic E-state index is 0.0538. The molecule has 0 unspecified atom stereocenters. The summed E-state index contributed by atoms with van der Waals surface area (Å²) in [6, 6.07) is 10.1. The highest BCUT2D eigenvalue weighted by atomic mass is 32.1. The van der Waals surface area contributed by atoms with Crippen LogP contribution in [0.2, 0.25) is 0 Å². The van der Waals surface area contributed by atoms with Crippen molar-refractivity contribution in [3.63, 3.8) is 0 Å². The number of nitrogens with one attached hydrogen (secondary N) is 2. The van der Waals surface area contributed by atoms with Crippen LogP contribution in [0.3, 0.4) is 0 Å². The van der Waals surface area contributed by atoms with Gasteiger partial charge in [-0.15, -0.1) is 11.3 Å². The van der Waals surface area contributed by atoms with Crippen molar-refractivity contribution in [2.24, 2.45) is 0 Å². The predicted octanol–water partition coefficient (Wildman–Crippen LogP) is 5.02. The monoisotopic (exact) mass is 418 g/mol. The van der Waals surface area contributed by atoms with Gasteiger partial charge in [0.2, 0.25) is 0 Å². The maximum absolute atomic E-state index is 12.7. The molecule has 0 saturated heterocycles. The number of hydrogen-bond donors (Lipinski definition) is 3. The van der Waals surface area contributed by atoms with Crippen LogP contribution in [-0.2, 0) is 12.7 Å². The Bertz CT molecular complexity index is 1180. The highest BCUT2D eigenvalue weighted by Crippen LogP contribution is 2.32. The van der Waals surface area contributed by atoms with Gasteiger partial charge >= 0.3 is 12.1 Å². The van der Waals surface area contributed by atoms with Gasteiger partial charge in [-0.1, -0.05) is 12.1 Å². The van der Waals surface area contributed by atoms with Crippen LogP contribution < -0.4 is 5.32 Å². The number of anilines is 1. The van der Waals surface area contributed by atoms with E-state index in [1.165, 1.54) is 23.5 Å². The maximum atomic E-state index is 12.7. The lowest BCUT2D eigenvalue weighted by atomic mass is 10.1. The van der Waals surface area contributed by atoms with E-state index in [0.29, 0.717) is 33.7 Å². The first-order chi connectivity index (χ1) is 13.8. The van der Waals surface area contributed by atoms with Crippen molar-refractivity contribution in [1.82, 2.24) is 15.2 Å². The predicted molar refractivity (Wildman–Crippen MR) is 103 cm³/mol. The van der Waals surface area contributed by atoms with Crippen LogP contribution in [0.25, 0.3) is 21.5 Å². The largest absolute Gasteiger partial charge is 0.476 e. The molecule has 29 heavy (non-hydrogen) atoms. The Labute approximate surface area is 166 Å². The summed E-state index contributed by atoms with van der Waals surface area (Å²) >= 11 is 1.34. The van der Waals surface area contributed by atoms with Crippen LogP contribution in [0.5, 0.6) is 0 Å². The number of rotatable bonds is 5. The summed E-state index contributed by atoms with van der Waals surface area (Å²) < 4.78 is 38.0. The SMILES string of the molecule is O=C(O)c1n[nH]c2ccc(NCc3csc(-c4ccc(C(F)(F)F)cc4)n3)cc12. The lowest BCUT2D eigenvalue weighted by Gasteiger charge is -2.06. The van der Waals surface area contributed by atoms with Crippen LogP contribution in [0.1, 0.15) is 21.7 Å². The Morgan fingerprint density at radius 2 is 1.93 bits per heavy atom. The Morgan fingerprint density at radius 1 is 1.17 bits per heavy atom. The van der Waals surface area contributed by atoms with Crippen LogP contribution in [0, 0.1) is 0 Å². The first-order valence-corrected chi connectivity index (χ1v) is 9.26. The van der Waals surface area contributed by atoms with Gasteiger partial charge in [0.05, 0.1) is 23.3 Å². The van der Waals surface area contributed by atoms with E-state index in [4.69, 9.17) is 5.11 Å². The Kier molecular flexibility index (Phi) is 4.71. The van der Waals surface area contributed by atoms with Gasteiger partial charge in [0, 0.05) is 22.0 Å². The van der Waals surface area contributed by atoms with Crippen molar-refractivity contribution in [2.75, 3.05) is 5.32 Å². The van der Waals surface area contributed by atoms with Gasteiger partial charge < -0.3 is 10.4 Å². The molecule has 2 aromatic carbocycles. The third-order valence-corrected chi connectivity index (χ3v) is 5.19. The number of aromatic nitrogens is 3. The summed E-state index contributed by atoms with van der Waals surface area (Å²) in [7, 11) is 0. The van der Waals surface area contributed by atoms with Crippen molar-refractivity contribution < 1.29 is 23.1 Å². The molecule has 6 nitrogen and oxygen atoms in total. The number of alkyl halides is 3. The fourth-order valence-corrected chi connectivity index (χ4v) is 3.63. The first-order valence-electron chi connectivity index (χ1n) is 8.38. The smallest absolute Gasteiger partial charge is 0.416 e. The molecule has 0 aliphatic rings. The quantitative estimate of drug-likeness (QED) is 0.424. The van der Waals surface area contributed by atoms with Crippen molar-refractivity contribution >= 4 is 33.9 Å². The van der Waals surface area contributed by atoms with Crippen LogP contribution in [0.4, 0.5) is 18.9 Å². The Hall–Kier alpha value is -3.40. The standard InChI is InChI=1S/C19H13F3N4O2S/c20-19(21,22)11-3-1-10(2-4-11)17-24-13(9-29-17)8-23-12-5-6-15-14(7-12)16(18(27)28)26-25-15/h1-7,9,23H,8H2,(H,25,26)(H,27,28). The number of fused-ring (bicyclic) bond motifs is 1. The molecular formula is C19H13F3N4O2S. The lowest BCUT2D eigenvalue weighted by molar-refractivity contribution is -0.137. The molecule has 3 N–H and O–H groups in total. The van der Waals surface area contributed by atoms with Crippen LogP contribution in [0.15, 0.2) is 47.8 Å². The fourth-order valence-electron chi connectivity index (χ4n) is 2.80. The number of H-pyrrole nitrogens is 1. The summed E-state index contributed by atoms with van der Waals surface area (Å²) in [4.78, 5) is 15.7. The number of aromatic amines is 1. The number of nitrogens with zero attached hydrogens (tertiary/aromatic N) is 2. The third kappa shape index (κ3) is 3.92. The summed E-state index contributed by atoms with van der Waals surface area (Å²) in [6.07, 6.45) is -4.37. The molecule has 0 aliphatic heterocycles. The molecule has 148 valence electrons. The summed E-state index contributed by atoms with van der Waals surface area (Å²) in [5.41, 5.74) is 1.89. The van der Waals surface area contributed by atoms with Gasteiger partial charge in [0.1, 0.15) is 5.01 Å². The first kappa shape index (κ1) is 18.9. The molecule has 2 aromatic heterocycles. The van der Waals surface area contributed by atoms with E-state index in [1.807, 2.05) is 5.38 Å². The molecule has 0 fully saturated rings. The molecule has 0 saturated carbocycles. The highest BCUT2D eigenvalue weighted by Gasteiger charge is 2.30. The van der Waals surface area contributed by atoms with Gasteiger partial charge in [0.15, 0.2) is 5.69 Å². The third-order valence-electron chi connectivity index (χ3n) is 4.25. The summed E-state index contributed by atoms with van der Waals surface area (Å²) in [5, 5.41) is 21.7. The maximum Gasteiger partial charge on any atom is 0.416 e. The van der Waals surface area contributed by atoms with E-state index < -0.39 is 17.7 Å². The summed E-state index contributed by atoms with van der Waals surface area (Å²) in [6.45, 7) is 0.378. The van der Waals surface area contributed by atoms with Crippen molar-refractivity contribution in [1.29, 1.82) is 0 Å². The van der Waals surface area contributed by atoms with E-state index in [1.54, 1.807) is 18.2 Å². The van der Waals surface area contributed by atoms with Gasteiger partial charge in [-0.2, -0.15) is 18.3 Å². The number of aromatic carboxylic acids is 1. The number of halogens is 3. The second kappa shape index (κ2) is 7.21. The van der Waals surface area contributed by atoms with Crippen LogP contribution >= 0.6 is 11.3 Å². The number of hydrogen-bond acceptors (Lipinski definition) is 5. The molecule has 0 radical (unpaired) electrons. The average Bonchev–Trinajstić information content (AvgIpc) is 3.32. The second-order valence-corrected chi connectivity index (χ2v) is 7.07. The van der Waals surface area contributed by atoms with Gasteiger partial charge in [-0.05, 0) is 30.3 Å². The minimum Gasteiger partial charge on any atom is -0.476 e. The van der Waals surface area contributed by atoms with Gasteiger partial charge in [-0.25, -0.2) is 9.78 Å². The number of thiazole rings is 1. The molecule has 0 atom stereocenters. The average molecular weight is 418 g/mol. The van der Waals surface area contributed by atoms with E-state index >= 15 is 0 Å². The zero-order valence-corrected chi connectivity index (χ0v) is 15.4. The van der Waals surface area contributed by atoms with E-state index in [-0.39, 0.29) is 5.69 Å². The molecule has 0 aliphatic carbocycles. The molecule has 0 spiro atoms. The zero-order valence-electron chi connectivity index (χ0n) is 14.6. The van der Waals surface area contributed by atoms with Crippen molar-refractivity contribution in [3.8, 4) is 10.6 Å². The molecule has 4 rings (SSSR count). The van der Waals surface area contributed by atoms with E-state index in [9.17, 15) is 18.0 Å². The number of carbonyl (C=O) groups is 1. The normalized spacial score (nSPS) is 11.7.